The number of aromatic amines is 1. The Labute approximate surface area is 108 Å². The average molecular weight is 292 g/mol. The predicted octanol–water partition coefficient (Wildman–Crippen LogP) is 3.48. The van der Waals surface area contributed by atoms with E-state index in [4.69, 9.17) is 0 Å². The van der Waals surface area contributed by atoms with Crippen LogP contribution in [0.15, 0.2) is 21.4 Å². The molecule has 17 heavy (non-hydrogen) atoms. The fourth-order valence-electron chi connectivity index (χ4n) is 2.64. The molecule has 3 heteroatoms. The Morgan fingerprint density at radius 2 is 2.00 bits per heavy atom. The maximum atomic E-state index is 12.4. The number of halogens is 1. The van der Waals surface area contributed by atoms with E-state index in [1.165, 1.54) is 6.42 Å². The lowest BCUT2D eigenvalue weighted by molar-refractivity contribution is 0.667. The van der Waals surface area contributed by atoms with Crippen molar-refractivity contribution in [3.63, 3.8) is 0 Å². The van der Waals surface area contributed by atoms with Crippen LogP contribution in [0.3, 0.4) is 0 Å². The molecule has 3 rings (SSSR count). The van der Waals surface area contributed by atoms with Crippen molar-refractivity contribution in [3.05, 3.63) is 43.6 Å². The molecular weight excluding hydrogens is 278 g/mol. The van der Waals surface area contributed by atoms with Crippen LogP contribution < -0.4 is 5.43 Å². The zero-order valence-electron chi connectivity index (χ0n) is 9.77. The summed E-state index contributed by atoms with van der Waals surface area (Å²) in [6, 6.07) is 3.88. The van der Waals surface area contributed by atoms with Gasteiger partial charge in [0, 0.05) is 21.1 Å². The molecule has 0 spiro atoms. The van der Waals surface area contributed by atoms with Crippen molar-refractivity contribution in [2.45, 2.75) is 32.6 Å². The van der Waals surface area contributed by atoms with Gasteiger partial charge in [0.25, 0.3) is 0 Å². The van der Waals surface area contributed by atoms with Gasteiger partial charge in [-0.05, 0) is 50.3 Å². The highest BCUT2D eigenvalue weighted by molar-refractivity contribution is 9.10. The highest BCUT2D eigenvalue weighted by Crippen LogP contribution is 2.25. The topological polar surface area (TPSA) is 32.9 Å². The summed E-state index contributed by atoms with van der Waals surface area (Å²) in [6.07, 6.45) is 4.25. The maximum Gasteiger partial charge on any atom is 0.192 e. The van der Waals surface area contributed by atoms with Crippen molar-refractivity contribution in [1.29, 1.82) is 0 Å². The van der Waals surface area contributed by atoms with Crippen LogP contribution in [-0.4, -0.2) is 4.98 Å². The summed E-state index contributed by atoms with van der Waals surface area (Å²) in [7, 11) is 0. The first-order valence-corrected chi connectivity index (χ1v) is 6.80. The number of benzene rings is 1. The second-order valence-electron chi connectivity index (χ2n) is 4.71. The molecule has 0 radical (unpaired) electrons. The van der Waals surface area contributed by atoms with E-state index in [1.54, 1.807) is 0 Å². The van der Waals surface area contributed by atoms with E-state index < -0.39 is 0 Å². The monoisotopic (exact) mass is 291 g/mol. The molecule has 88 valence electrons. The molecule has 1 heterocycles. The minimum Gasteiger partial charge on any atom is -0.358 e. The number of nitrogens with one attached hydrogen (secondary N) is 1. The minimum absolute atomic E-state index is 0.226. The van der Waals surface area contributed by atoms with Crippen molar-refractivity contribution >= 4 is 26.8 Å². The van der Waals surface area contributed by atoms with Crippen LogP contribution in [0.25, 0.3) is 10.9 Å². The fourth-order valence-corrected chi connectivity index (χ4v) is 2.97. The van der Waals surface area contributed by atoms with Gasteiger partial charge in [0.2, 0.25) is 0 Å². The third-order valence-electron chi connectivity index (χ3n) is 3.66. The van der Waals surface area contributed by atoms with Crippen LogP contribution >= 0.6 is 15.9 Å². The molecule has 0 fully saturated rings. The smallest absolute Gasteiger partial charge is 0.192 e. The van der Waals surface area contributed by atoms with Crippen LogP contribution in [0.1, 0.15) is 29.7 Å². The molecule has 0 amide bonds. The van der Waals surface area contributed by atoms with Gasteiger partial charge in [-0.25, -0.2) is 0 Å². The van der Waals surface area contributed by atoms with Gasteiger partial charge in [0.15, 0.2) is 5.43 Å². The lowest BCUT2D eigenvalue weighted by Gasteiger charge is -2.17. The van der Waals surface area contributed by atoms with Gasteiger partial charge in [-0.1, -0.05) is 15.9 Å². The van der Waals surface area contributed by atoms with E-state index in [1.807, 2.05) is 19.1 Å². The summed E-state index contributed by atoms with van der Waals surface area (Å²) in [4.78, 5) is 15.9. The molecule has 1 aromatic heterocycles. The van der Waals surface area contributed by atoms with Crippen LogP contribution in [0.2, 0.25) is 0 Å². The molecule has 0 bridgehead atoms. The Morgan fingerprint density at radius 3 is 2.82 bits per heavy atom. The molecule has 2 aromatic rings. The van der Waals surface area contributed by atoms with Gasteiger partial charge in [-0.3, -0.25) is 4.79 Å². The van der Waals surface area contributed by atoms with Crippen molar-refractivity contribution in [2.75, 3.05) is 0 Å². The van der Waals surface area contributed by atoms with Crippen molar-refractivity contribution in [1.82, 2.24) is 4.98 Å². The first-order chi connectivity index (χ1) is 8.18. The van der Waals surface area contributed by atoms with Gasteiger partial charge < -0.3 is 4.98 Å². The van der Waals surface area contributed by atoms with Crippen LogP contribution in [-0.2, 0) is 12.8 Å². The molecular formula is C14H14BrNO. The fraction of sp³-hybridized carbons (Fsp3) is 0.357. The van der Waals surface area contributed by atoms with Gasteiger partial charge in [0.05, 0.1) is 5.52 Å². The first-order valence-electron chi connectivity index (χ1n) is 6.01. The molecule has 2 nitrogen and oxygen atoms in total. The molecule has 0 atom stereocenters. The molecule has 1 aliphatic carbocycles. The second kappa shape index (κ2) is 3.98. The number of aryl methyl sites for hydroxylation is 2. The Balaban J connectivity index is 2.44. The van der Waals surface area contributed by atoms with Crippen LogP contribution in [0.4, 0.5) is 0 Å². The molecule has 0 unspecified atom stereocenters. The standard InChI is InChI=1S/C14H14BrNO/c1-8-11(15)7-6-10-13(8)16-12-5-3-2-4-9(12)14(10)17/h6-7H,2-5H2,1H3,(H,16,17). The first kappa shape index (κ1) is 11.0. The van der Waals surface area contributed by atoms with Gasteiger partial charge in [-0.15, -0.1) is 0 Å². The molecule has 1 aliphatic rings. The maximum absolute atomic E-state index is 12.4. The predicted molar refractivity (Wildman–Crippen MR) is 73.6 cm³/mol. The Morgan fingerprint density at radius 1 is 1.24 bits per heavy atom. The van der Waals surface area contributed by atoms with Crippen molar-refractivity contribution in [2.24, 2.45) is 0 Å². The van der Waals surface area contributed by atoms with Crippen LogP contribution in [0, 0.1) is 6.92 Å². The van der Waals surface area contributed by atoms with E-state index in [9.17, 15) is 4.79 Å². The molecule has 1 N–H and O–H groups in total. The Hall–Kier alpha value is -1.09. The summed E-state index contributed by atoms with van der Waals surface area (Å²) >= 11 is 3.51. The highest BCUT2D eigenvalue weighted by atomic mass is 79.9. The zero-order valence-corrected chi connectivity index (χ0v) is 11.4. The number of hydrogen-bond donors (Lipinski definition) is 1. The van der Waals surface area contributed by atoms with E-state index in [-0.39, 0.29) is 5.43 Å². The van der Waals surface area contributed by atoms with Crippen molar-refractivity contribution < 1.29 is 0 Å². The molecule has 1 aromatic carbocycles. The third kappa shape index (κ3) is 1.64. The normalized spacial score (nSPS) is 14.9. The summed E-state index contributed by atoms with van der Waals surface area (Å²) in [5.74, 6) is 0. The Kier molecular flexibility index (Phi) is 2.58. The largest absolute Gasteiger partial charge is 0.358 e. The van der Waals surface area contributed by atoms with E-state index >= 15 is 0 Å². The number of aromatic nitrogens is 1. The molecule has 0 aliphatic heterocycles. The van der Waals surface area contributed by atoms with Gasteiger partial charge >= 0.3 is 0 Å². The van der Waals surface area contributed by atoms with Crippen LogP contribution in [0.5, 0.6) is 0 Å². The Bertz CT molecular complexity index is 657. The number of rotatable bonds is 0. The second-order valence-corrected chi connectivity index (χ2v) is 5.57. The van der Waals surface area contributed by atoms with Gasteiger partial charge in [-0.2, -0.15) is 0 Å². The number of hydrogen-bond acceptors (Lipinski definition) is 1. The summed E-state index contributed by atoms with van der Waals surface area (Å²) in [5.41, 5.74) is 4.49. The molecule has 0 saturated carbocycles. The lowest BCUT2D eigenvalue weighted by atomic mass is 9.94. The van der Waals surface area contributed by atoms with E-state index in [2.05, 4.69) is 20.9 Å². The van der Waals surface area contributed by atoms with Gasteiger partial charge in [0.1, 0.15) is 0 Å². The summed E-state index contributed by atoms with van der Waals surface area (Å²) < 4.78 is 1.05. The van der Waals surface area contributed by atoms with E-state index in [0.29, 0.717) is 0 Å². The minimum atomic E-state index is 0.226. The SMILES string of the molecule is Cc1c(Br)ccc2c(=O)c3c([nH]c12)CCCC3. The average Bonchev–Trinajstić information content (AvgIpc) is 2.35. The quantitative estimate of drug-likeness (QED) is 0.792. The third-order valence-corrected chi connectivity index (χ3v) is 4.52. The lowest BCUT2D eigenvalue weighted by Crippen LogP contribution is -2.18. The zero-order chi connectivity index (χ0) is 12.0. The highest BCUT2D eigenvalue weighted by Gasteiger charge is 2.16. The van der Waals surface area contributed by atoms with Crippen molar-refractivity contribution in [3.8, 4) is 0 Å². The summed E-state index contributed by atoms with van der Waals surface area (Å²) in [6.45, 7) is 2.04. The number of fused-ring (bicyclic) bond motifs is 2. The van der Waals surface area contributed by atoms with E-state index in [0.717, 1.165) is 51.5 Å². The number of H-pyrrole nitrogens is 1. The molecule has 0 saturated heterocycles. The summed E-state index contributed by atoms with van der Waals surface area (Å²) in [5, 5.41) is 0.825. The number of pyridine rings is 1.